The second kappa shape index (κ2) is 6.33. The molecule has 0 nitrogen and oxygen atoms in total. The topological polar surface area (TPSA) is 0 Å². The van der Waals surface area contributed by atoms with Crippen LogP contribution in [0.3, 0.4) is 0 Å². The zero-order chi connectivity index (χ0) is 17.6. The molecule has 4 unspecified atom stereocenters. The normalized spacial score (nSPS) is 26.2. The van der Waals surface area contributed by atoms with E-state index in [1.807, 2.05) is 0 Å². The third-order valence-electron chi connectivity index (χ3n) is 6.64. The second-order valence-electron chi connectivity index (χ2n) is 8.04. The van der Waals surface area contributed by atoms with Gasteiger partial charge in [-0.05, 0) is 63.1 Å². The lowest BCUT2D eigenvalue weighted by Crippen LogP contribution is -1.97. The first-order valence-electron chi connectivity index (χ1n) is 9.67. The highest BCUT2D eigenvalue weighted by atomic mass is 14.3. The van der Waals surface area contributed by atoms with Crippen molar-refractivity contribution < 1.29 is 0 Å². The maximum Gasteiger partial charge on any atom is -0.0114 e. The molecular formula is C25H28. The zero-order valence-corrected chi connectivity index (χ0v) is 15.8. The molecule has 5 rings (SSSR count). The molecular weight excluding hydrogens is 300 g/mol. The first kappa shape index (κ1) is 16.4. The average Bonchev–Trinajstić information content (AvgIpc) is 3.07. The standard InChI is InChI=1S/C14H14.C11H14/c1-9-10(2)13-8-4-6-11-5-3-7-12(9)14(11)13;1-8-7-10-5-3-4-6-11(10)9(8)2/h3-10H,1-2H3;3-6,8-9H,7H2,1-2H3. The molecule has 0 heterocycles. The van der Waals surface area contributed by atoms with Gasteiger partial charge >= 0.3 is 0 Å². The molecule has 2 aliphatic carbocycles. The molecule has 4 atom stereocenters. The molecule has 3 aromatic rings. The summed E-state index contributed by atoms with van der Waals surface area (Å²) in [5.74, 6) is 2.96. The molecule has 0 aliphatic heterocycles. The van der Waals surface area contributed by atoms with Gasteiger partial charge in [-0.3, -0.25) is 0 Å². The highest BCUT2D eigenvalue weighted by Gasteiger charge is 2.27. The van der Waals surface area contributed by atoms with Gasteiger partial charge in [-0.1, -0.05) is 88.4 Å². The molecule has 0 bridgehead atoms. The Labute approximate surface area is 151 Å². The van der Waals surface area contributed by atoms with Crippen molar-refractivity contribution in [2.45, 2.75) is 51.9 Å². The lowest BCUT2D eigenvalue weighted by atomic mass is 9.94. The highest BCUT2D eigenvalue weighted by molar-refractivity contribution is 5.92. The number of fused-ring (bicyclic) bond motifs is 1. The number of rotatable bonds is 0. The molecule has 0 N–H and O–H groups in total. The molecule has 0 amide bonds. The number of hydrogen-bond donors (Lipinski definition) is 0. The molecule has 0 heteroatoms. The Morgan fingerprint density at radius 2 is 1.16 bits per heavy atom. The Morgan fingerprint density at radius 1 is 0.600 bits per heavy atom. The van der Waals surface area contributed by atoms with Gasteiger partial charge in [0.1, 0.15) is 0 Å². The Kier molecular flexibility index (Phi) is 4.15. The zero-order valence-electron chi connectivity index (χ0n) is 15.8. The first-order valence-corrected chi connectivity index (χ1v) is 9.67. The third kappa shape index (κ3) is 2.68. The summed E-state index contributed by atoms with van der Waals surface area (Å²) in [5, 5.41) is 2.91. The molecule has 0 saturated heterocycles. The molecule has 0 fully saturated rings. The van der Waals surface area contributed by atoms with Crippen LogP contribution >= 0.6 is 0 Å². The van der Waals surface area contributed by atoms with Crippen molar-refractivity contribution in [2.24, 2.45) is 5.92 Å². The molecule has 2 aliphatic rings. The van der Waals surface area contributed by atoms with E-state index in [0.717, 1.165) is 11.8 Å². The molecule has 0 radical (unpaired) electrons. The monoisotopic (exact) mass is 328 g/mol. The van der Waals surface area contributed by atoms with E-state index in [9.17, 15) is 0 Å². The van der Waals surface area contributed by atoms with Crippen LogP contribution in [0.5, 0.6) is 0 Å². The molecule has 3 aromatic carbocycles. The summed E-state index contributed by atoms with van der Waals surface area (Å²) < 4.78 is 0. The van der Waals surface area contributed by atoms with E-state index in [-0.39, 0.29) is 0 Å². The van der Waals surface area contributed by atoms with Crippen LogP contribution in [0.15, 0.2) is 60.7 Å². The van der Waals surface area contributed by atoms with E-state index in [2.05, 4.69) is 88.4 Å². The van der Waals surface area contributed by atoms with Crippen LogP contribution in [0.1, 0.15) is 67.7 Å². The van der Waals surface area contributed by atoms with Crippen LogP contribution in [-0.2, 0) is 6.42 Å². The first-order chi connectivity index (χ1) is 12.1. The molecule has 0 saturated carbocycles. The van der Waals surface area contributed by atoms with Crippen molar-refractivity contribution in [1.82, 2.24) is 0 Å². The van der Waals surface area contributed by atoms with E-state index in [1.165, 1.54) is 28.3 Å². The van der Waals surface area contributed by atoms with Crippen molar-refractivity contribution in [3.05, 3.63) is 82.9 Å². The van der Waals surface area contributed by atoms with E-state index in [1.54, 1.807) is 11.1 Å². The van der Waals surface area contributed by atoms with Crippen molar-refractivity contribution >= 4 is 10.8 Å². The fourth-order valence-electron chi connectivity index (χ4n) is 4.69. The minimum Gasteiger partial charge on any atom is -0.0620 e. The van der Waals surface area contributed by atoms with E-state index in [0.29, 0.717) is 11.8 Å². The minimum absolute atomic E-state index is 0.677. The summed E-state index contributed by atoms with van der Waals surface area (Å²) in [7, 11) is 0. The van der Waals surface area contributed by atoms with Gasteiger partial charge in [0.05, 0.1) is 0 Å². The van der Waals surface area contributed by atoms with Gasteiger partial charge in [-0.2, -0.15) is 0 Å². The van der Waals surface area contributed by atoms with Crippen LogP contribution < -0.4 is 0 Å². The van der Waals surface area contributed by atoms with Crippen LogP contribution in [0.2, 0.25) is 0 Å². The van der Waals surface area contributed by atoms with E-state index >= 15 is 0 Å². The second-order valence-corrected chi connectivity index (χ2v) is 8.04. The van der Waals surface area contributed by atoms with Crippen molar-refractivity contribution in [3.63, 3.8) is 0 Å². The van der Waals surface area contributed by atoms with Crippen molar-refractivity contribution in [3.8, 4) is 0 Å². The average molecular weight is 328 g/mol. The lowest BCUT2D eigenvalue weighted by molar-refractivity contribution is 0.532. The fourth-order valence-corrected chi connectivity index (χ4v) is 4.69. The molecule has 0 spiro atoms. The highest BCUT2D eigenvalue weighted by Crippen LogP contribution is 2.45. The van der Waals surface area contributed by atoms with Crippen LogP contribution in [0, 0.1) is 5.92 Å². The molecule has 0 aromatic heterocycles. The van der Waals surface area contributed by atoms with E-state index in [4.69, 9.17) is 0 Å². The van der Waals surface area contributed by atoms with Gasteiger partial charge in [0.15, 0.2) is 0 Å². The Balaban J connectivity index is 0.000000129. The Bertz CT molecular complexity index is 862. The quantitative estimate of drug-likeness (QED) is 0.415. The van der Waals surface area contributed by atoms with Crippen LogP contribution in [0.25, 0.3) is 10.8 Å². The van der Waals surface area contributed by atoms with Gasteiger partial charge in [0.25, 0.3) is 0 Å². The summed E-state index contributed by atoms with van der Waals surface area (Å²) >= 11 is 0. The summed E-state index contributed by atoms with van der Waals surface area (Å²) in [4.78, 5) is 0. The summed E-state index contributed by atoms with van der Waals surface area (Å²) in [6, 6.07) is 22.2. The van der Waals surface area contributed by atoms with E-state index < -0.39 is 0 Å². The summed E-state index contributed by atoms with van der Waals surface area (Å²) in [6.07, 6.45) is 1.28. The predicted octanol–water partition coefficient (Wildman–Crippen LogP) is 7.04. The Morgan fingerprint density at radius 3 is 1.76 bits per heavy atom. The van der Waals surface area contributed by atoms with Gasteiger partial charge < -0.3 is 0 Å². The van der Waals surface area contributed by atoms with Crippen molar-refractivity contribution in [1.29, 1.82) is 0 Å². The summed E-state index contributed by atoms with van der Waals surface area (Å²) in [6.45, 7) is 9.33. The SMILES string of the molecule is CC1Cc2ccccc2C1C.CC1c2cccc3cccc(c23)C1C. The minimum atomic E-state index is 0.677. The number of hydrogen-bond acceptors (Lipinski definition) is 0. The predicted molar refractivity (Wildman–Crippen MR) is 109 cm³/mol. The van der Waals surface area contributed by atoms with Gasteiger partial charge in [-0.25, -0.2) is 0 Å². The van der Waals surface area contributed by atoms with Gasteiger partial charge in [0, 0.05) is 0 Å². The van der Waals surface area contributed by atoms with Crippen molar-refractivity contribution in [2.75, 3.05) is 0 Å². The van der Waals surface area contributed by atoms with Gasteiger partial charge in [-0.15, -0.1) is 0 Å². The Hall–Kier alpha value is -2.08. The third-order valence-corrected chi connectivity index (χ3v) is 6.64. The number of benzene rings is 3. The van der Waals surface area contributed by atoms with Crippen LogP contribution in [0.4, 0.5) is 0 Å². The maximum atomic E-state index is 2.34. The summed E-state index contributed by atoms with van der Waals surface area (Å²) in [5.41, 5.74) is 6.20. The van der Waals surface area contributed by atoms with Crippen LogP contribution in [-0.4, -0.2) is 0 Å². The largest absolute Gasteiger partial charge is 0.0620 e. The molecule has 128 valence electrons. The maximum absolute atomic E-state index is 2.34. The molecule has 25 heavy (non-hydrogen) atoms. The lowest BCUT2D eigenvalue weighted by Gasteiger charge is -2.10. The fraction of sp³-hybridized carbons (Fsp3) is 0.360. The van der Waals surface area contributed by atoms with Gasteiger partial charge in [0.2, 0.25) is 0 Å². The smallest absolute Gasteiger partial charge is 0.0114 e.